The lowest BCUT2D eigenvalue weighted by Crippen LogP contribution is -3.28. The zero-order valence-corrected chi connectivity index (χ0v) is 16.9. The maximum Gasteiger partial charge on any atom is 0.279 e. The molecule has 0 atom stereocenters. The summed E-state index contributed by atoms with van der Waals surface area (Å²) in [5, 5.41) is 2.89. The molecule has 3 rings (SSSR count). The summed E-state index contributed by atoms with van der Waals surface area (Å²) in [7, 11) is 1.60. The molecule has 0 unspecified atom stereocenters. The van der Waals surface area contributed by atoms with Crippen LogP contribution in [0, 0.1) is 5.82 Å². The highest BCUT2D eigenvalue weighted by Crippen LogP contribution is 2.18. The third kappa shape index (κ3) is 5.85. The number of nitrogens with one attached hydrogen (secondary N) is 3. The summed E-state index contributed by atoms with van der Waals surface area (Å²) in [5.74, 6) is 0.427. The molecule has 3 N–H and O–H groups in total. The molecule has 0 radical (unpaired) electrons. The first-order chi connectivity index (χ1) is 13.9. The molecule has 2 aromatic carbocycles. The molecule has 154 valence electrons. The summed E-state index contributed by atoms with van der Waals surface area (Å²) in [6, 6.07) is 11.5. The molecule has 2 aromatic rings. The minimum absolute atomic E-state index is 0.00329. The normalized spacial score (nSPS) is 18.9. The molecule has 1 saturated heterocycles. The van der Waals surface area contributed by atoms with Gasteiger partial charge in [0.15, 0.2) is 12.3 Å². The molecule has 1 amide bonds. The zero-order valence-electron chi connectivity index (χ0n) is 16.9. The summed E-state index contributed by atoms with van der Waals surface area (Å²) in [4.78, 5) is 26.2. The fourth-order valence-corrected chi connectivity index (χ4v) is 3.69. The van der Waals surface area contributed by atoms with E-state index in [0.717, 1.165) is 31.7 Å². The molecule has 1 aliphatic rings. The zero-order chi connectivity index (χ0) is 20.8. The van der Waals surface area contributed by atoms with Crippen molar-refractivity contribution < 1.29 is 28.5 Å². The lowest BCUT2D eigenvalue weighted by atomic mass is 10.1. The van der Waals surface area contributed by atoms with Crippen molar-refractivity contribution in [1.29, 1.82) is 0 Å². The smallest absolute Gasteiger partial charge is 0.279 e. The van der Waals surface area contributed by atoms with Gasteiger partial charge in [0.25, 0.3) is 5.91 Å². The number of hydrogen-bond donors (Lipinski definition) is 3. The van der Waals surface area contributed by atoms with Gasteiger partial charge in [0.05, 0.1) is 12.7 Å². The van der Waals surface area contributed by atoms with Crippen molar-refractivity contribution in [3.8, 4) is 5.75 Å². The standard InChI is InChI=1S/C22H26FN3O3/c1-16(27)17-3-6-20(7-4-17)24-22(28)15-26-11-9-25(10-12-26)14-18-13-19(23)5-8-21(18)29-2/h3-8,13H,9-12,14-15H2,1-2H3,(H,24,28)/p+2. The van der Waals surface area contributed by atoms with E-state index in [2.05, 4.69) is 5.32 Å². The quantitative estimate of drug-likeness (QED) is 0.571. The van der Waals surface area contributed by atoms with Crippen molar-refractivity contribution in [1.82, 2.24) is 0 Å². The number of rotatable bonds is 7. The molecule has 1 heterocycles. The third-order valence-corrected chi connectivity index (χ3v) is 5.33. The number of piperazine rings is 1. The molecule has 0 spiro atoms. The van der Waals surface area contributed by atoms with Gasteiger partial charge in [-0.05, 0) is 49.4 Å². The van der Waals surface area contributed by atoms with E-state index >= 15 is 0 Å². The Hall–Kier alpha value is -2.77. The molecule has 6 nitrogen and oxygen atoms in total. The Morgan fingerprint density at radius 2 is 1.69 bits per heavy atom. The molecule has 7 heteroatoms. The van der Waals surface area contributed by atoms with E-state index in [0.29, 0.717) is 30.1 Å². The van der Waals surface area contributed by atoms with Crippen LogP contribution in [0.5, 0.6) is 5.75 Å². The number of Topliss-reactive ketones (excluding diaryl/α,β-unsaturated/α-hetero) is 1. The van der Waals surface area contributed by atoms with Crippen molar-refractivity contribution in [2.24, 2.45) is 0 Å². The van der Waals surface area contributed by atoms with E-state index in [1.165, 1.54) is 28.9 Å². The van der Waals surface area contributed by atoms with Crippen LogP contribution in [0.3, 0.4) is 0 Å². The summed E-state index contributed by atoms with van der Waals surface area (Å²) >= 11 is 0. The Balaban J connectivity index is 1.46. The molecule has 29 heavy (non-hydrogen) atoms. The Kier molecular flexibility index (Phi) is 6.95. The monoisotopic (exact) mass is 401 g/mol. The second kappa shape index (κ2) is 9.62. The van der Waals surface area contributed by atoms with E-state index in [1.807, 2.05) is 0 Å². The van der Waals surface area contributed by atoms with Crippen LogP contribution in [0.1, 0.15) is 22.8 Å². The fraction of sp³-hybridized carbons (Fsp3) is 0.364. The van der Waals surface area contributed by atoms with Crippen molar-refractivity contribution in [3.05, 3.63) is 59.4 Å². The SMILES string of the molecule is COc1ccc(F)cc1C[NH+]1CC[NH+](CC(=O)Nc2ccc(C(C)=O)cc2)CC1. The van der Waals surface area contributed by atoms with Gasteiger partial charge < -0.3 is 19.9 Å². The van der Waals surface area contributed by atoms with Gasteiger partial charge in [-0.3, -0.25) is 9.59 Å². The Morgan fingerprint density at radius 1 is 1.03 bits per heavy atom. The van der Waals surface area contributed by atoms with Gasteiger partial charge in [0, 0.05) is 11.3 Å². The summed E-state index contributed by atoms with van der Waals surface area (Å²) in [5.41, 5.74) is 2.20. The van der Waals surface area contributed by atoms with Crippen LogP contribution in [0.15, 0.2) is 42.5 Å². The number of anilines is 1. The number of halogens is 1. The van der Waals surface area contributed by atoms with Crippen LogP contribution in [0.25, 0.3) is 0 Å². The first kappa shape index (κ1) is 21.0. The third-order valence-electron chi connectivity index (χ3n) is 5.33. The van der Waals surface area contributed by atoms with Crippen LogP contribution in [-0.2, 0) is 11.3 Å². The van der Waals surface area contributed by atoms with Gasteiger partial charge >= 0.3 is 0 Å². The Bertz CT molecular complexity index is 862. The fourth-order valence-electron chi connectivity index (χ4n) is 3.69. The van der Waals surface area contributed by atoms with E-state index < -0.39 is 0 Å². The first-order valence-electron chi connectivity index (χ1n) is 9.85. The number of ether oxygens (including phenoxy) is 1. The Morgan fingerprint density at radius 3 is 2.31 bits per heavy atom. The number of carbonyl (C=O) groups is 2. The van der Waals surface area contributed by atoms with Gasteiger partial charge in [0.1, 0.15) is 44.3 Å². The predicted molar refractivity (Wildman–Crippen MR) is 108 cm³/mol. The minimum Gasteiger partial charge on any atom is -0.496 e. The van der Waals surface area contributed by atoms with E-state index in [-0.39, 0.29) is 17.5 Å². The number of quaternary nitrogens is 2. The average molecular weight is 401 g/mol. The second-order valence-electron chi connectivity index (χ2n) is 7.49. The number of carbonyl (C=O) groups excluding carboxylic acids is 2. The summed E-state index contributed by atoms with van der Waals surface area (Å²) in [6.07, 6.45) is 0. The predicted octanol–water partition coefficient (Wildman–Crippen LogP) is -0.0410. The molecule has 0 bridgehead atoms. The molecule has 0 aliphatic carbocycles. The van der Waals surface area contributed by atoms with Crippen molar-refractivity contribution in [3.63, 3.8) is 0 Å². The maximum atomic E-state index is 13.6. The number of hydrogen-bond acceptors (Lipinski definition) is 3. The molecule has 0 saturated carbocycles. The van der Waals surface area contributed by atoms with Crippen LogP contribution in [-0.4, -0.2) is 51.5 Å². The second-order valence-corrected chi connectivity index (χ2v) is 7.49. The molecule has 1 fully saturated rings. The van der Waals surface area contributed by atoms with Crippen LogP contribution in [0.4, 0.5) is 10.1 Å². The van der Waals surface area contributed by atoms with Crippen molar-refractivity contribution in [2.75, 3.05) is 45.2 Å². The van der Waals surface area contributed by atoms with Crippen LogP contribution >= 0.6 is 0 Å². The van der Waals surface area contributed by atoms with Gasteiger partial charge in [-0.25, -0.2) is 4.39 Å². The molecular formula is C22H28FN3O3+2. The lowest BCUT2D eigenvalue weighted by Gasteiger charge is -2.29. The van der Waals surface area contributed by atoms with Crippen LogP contribution < -0.4 is 19.9 Å². The van der Waals surface area contributed by atoms with E-state index in [4.69, 9.17) is 4.74 Å². The van der Waals surface area contributed by atoms with E-state index in [1.54, 1.807) is 37.4 Å². The molecule has 1 aliphatic heterocycles. The molecular weight excluding hydrogens is 373 g/mol. The summed E-state index contributed by atoms with van der Waals surface area (Å²) < 4.78 is 18.9. The highest BCUT2D eigenvalue weighted by atomic mass is 19.1. The minimum atomic E-state index is -0.252. The highest BCUT2D eigenvalue weighted by Gasteiger charge is 2.25. The van der Waals surface area contributed by atoms with Gasteiger partial charge in [-0.2, -0.15) is 0 Å². The molecule has 0 aromatic heterocycles. The van der Waals surface area contributed by atoms with Crippen molar-refractivity contribution >= 4 is 17.4 Å². The lowest BCUT2D eigenvalue weighted by molar-refractivity contribution is -1.02. The number of benzene rings is 2. The van der Waals surface area contributed by atoms with Gasteiger partial charge in [0.2, 0.25) is 0 Å². The summed E-state index contributed by atoms with van der Waals surface area (Å²) in [6.45, 7) is 6.22. The average Bonchev–Trinajstić information content (AvgIpc) is 2.70. The van der Waals surface area contributed by atoms with E-state index in [9.17, 15) is 14.0 Å². The first-order valence-corrected chi connectivity index (χ1v) is 9.85. The van der Waals surface area contributed by atoms with Gasteiger partial charge in [-0.15, -0.1) is 0 Å². The topological polar surface area (TPSA) is 64.3 Å². The van der Waals surface area contributed by atoms with Crippen LogP contribution in [0.2, 0.25) is 0 Å². The Labute approximate surface area is 170 Å². The number of methoxy groups -OCH3 is 1. The maximum absolute atomic E-state index is 13.6. The van der Waals surface area contributed by atoms with Gasteiger partial charge in [-0.1, -0.05) is 0 Å². The number of amides is 1. The highest BCUT2D eigenvalue weighted by molar-refractivity contribution is 5.95. The van der Waals surface area contributed by atoms with Crippen molar-refractivity contribution in [2.45, 2.75) is 13.5 Å². The number of ketones is 1. The largest absolute Gasteiger partial charge is 0.496 e.